The summed E-state index contributed by atoms with van der Waals surface area (Å²) < 4.78 is 66.5. The number of carbonyl (C=O) groups excluding carboxylic acids is 1. The number of amides is 1. The van der Waals surface area contributed by atoms with Gasteiger partial charge in [0.2, 0.25) is 0 Å². The second-order valence-corrected chi connectivity index (χ2v) is 15.4. The molecule has 0 saturated heterocycles. The Kier molecular flexibility index (Phi) is 8.31. The fourth-order valence-corrected chi connectivity index (χ4v) is 4.58. The van der Waals surface area contributed by atoms with Crippen LogP contribution in [0.1, 0.15) is 16.1 Å². The summed E-state index contributed by atoms with van der Waals surface area (Å²) in [5.41, 5.74) is -0.0662. The molecule has 3 rings (SSSR count). The number of aromatic nitrogens is 3. The first-order chi connectivity index (χ1) is 16.7. The van der Waals surface area contributed by atoms with Crippen LogP contribution in [0.25, 0.3) is 22.2 Å². The van der Waals surface area contributed by atoms with Gasteiger partial charge in [0.25, 0.3) is 5.91 Å². The van der Waals surface area contributed by atoms with Crippen molar-refractivity contribution in [2.75, 3.05) is 20.8 Å². The van der Waals surface area contributed by atoms with Crippen molar-refractivity contribution >= 4 is 36.5 Å². The molecule has 1 amide bonds. The fraction of sp³-hybridized carbons (Fsp3) is 0.435. The van der Waals surface area contributed by atoms with Gasteiger partial charge in [-0.2, -0.15) is 18.3 Å². The SMILES string of the molecule is CNC(=O)c1nn(COCC[Si](C)(C)C)c2cc(-c3cc(F)c(OC)cc3CC(F)(F)F)nc(Cl)c12. The lowest BCUT2D eigenvalue weighted by molar-refractivity contribution is -0.127. The summed E-state index contributed by atoms with van der Waals surface area (Å²) in [5, 5.41) is 6.83. The molecule has 1 N–H and O–H groups in total. The zero-order valence-electron chi connectivity index (χ0n) is 20.5. The maximum Gasteiger partial charge on any atom is 0.393 e. The van der Waals surface area contributed by atoms with Crippen molar-refractivity contribution in [1.29, 1.82) is 0 Å². The van der Waals surface area contributed by atoms with Gasteiger partial charge >= 0.3 is 6.18 Å². The molecule has 7 nitrogen and oxygen atoms in total. The molecule has 2 heterocycles. The van der Waals surface area contributed by atoms with E-state index >= 15 is 0 Å². The van der Waals surface area contributed by atoms with E-state index in [0.717, 1.165) is 25.3 Å². The van der Waals surface area contributed by atoms with E-state index in [0.29, 0.717) is 12.1 Å². The summed E-state index contributed by atoms with van der Waals surface area (Å²) in [6, 6.07) is 4.23. The van der Waals surface area contributed by atoms with Crippen molar-refractivity contribution in [2.24, 2.45) is 0 Å². The Hall–Kier alpha value is -2.70. The first-order valence-corrected chi connectivity index (χ1v) is 15.1. The molecule has 0 aliphatic carbocycles. The zero-order valence-corrected chi connectivity index (χ0v) is 22.3. The van der Waals surface area contributed by atoms with Gasteiger partial charge in [0.15, 0.2) is 17.3 Å². The number of hydrogen-bond donors (Lipinski definition) is 1. The maximum absolute atomic E-state index is 14.5. The summed E-state index contributed by atoms with van der Waals surface area (Å²) in [5.74, 6) is -1.70. The molecule has 3 aromatic rings. The average Bonchev–Trinajstić information content (AvgIpc) is 3.14. The van der Waals surface area contributed by atoms with Crippen LogP contribution in [0.2, 0.25) is 30.8 Å². The quantitative estimate of drug-likeness (QED) is 0.162. The smallest absolute Gasteiger partial charge is 0.393 e. The molecule has 36 heavy (non-hydrogen) atoms. The van der Waals surface area contributed by atoms with Gasteiger partial charge in [-0.1, -0.05) is 31.2 Å². The van der Waals surface area contributed by atoms with Crippen LogP contribution in [-0.2, 0) is 17.9 Å². The predicted octanol–water partition coefficient (Wildman–Crippen LogP) is 5.68. The minimum absolute atomic E-state index is 0.0122. The number of fused-ring (bicyclic) bond motifs is 1. The normalized spacial score (nSPS) is 12.3. The average molecular weight is 547 g/mol. The number of nitrogens with one attached hydrogen (secondary N) is 1. The van der Waals surface area contributed by atoms with Crippen molar-refractivity contribution in [3.63, 3.8) is 0 Å². The van der Waals surface area contributed by atoms with Crippen molar-refractivity contribution in [1.82, 2.24) is 20.1 Å². The van der Waals surface area contributed by atoms with Crippen LogP contribution in [0, 0.1) is 5.82 Å². The van der Waals surface area contributed by atoms with E-state index in [1.807, 2.05) is 0 Å². The fourth-order valence-electron chi connectivity index (χ4n) is 3.54. The first-order valence-electron chi connectivity index (χ1n) is 11.0. The number of carbonyl (C=O) groups is 1. The lowest BCUT2D eigenvalue weighted by Crippen LogP contribution is -2.22. The molecule has 0 unspecified atom stereocenters. The van der Waals surface area contributed by atoms with E-state index in [1.54, 1.807) is 0 Å². The molecule has 0 aliphatic rings. The molecule has 196 valence electrons. The number of nitrogens with zero attached hydrogens (tertiary/aromatic N) is 3. The first kappa shape index (κ1) is 27.9. The summed E-state index contributed by atoms with van der Waals surface area (Å²) >= 11 is 6.42. The van der Waals surface area contributed by atoms with Crippen LogP contribution in [-0.4, -0.2) is 55.7 Å². The molecule has 13 heteroatoms. The lowest BCUT2D eigenvalue weighted by atomic mass is 9.99. The standard InChI is InChI=1S/C23H27ClF4N4O3Si/c1-29-22(33)20-19-17(32(31-20)12-35-6-7-36(3,4)5)10-16(30-21(19)24)14-9-15(25)18(34-2)8-13(14)11-23(26,27)28/h8-10H,6-7,11-12H2,1-5H3,(H,29,33). The van der Waals surface area contributed by atoms with Crippen molar-refractivity contribution in [2.45, 2.75) is 45.0 Å². The zero-order chi connectivity index (χ0) is 26.8. The van der Waals surface area contributed by atoms with Crippen molar-refractivity contribution < 1.29 is 31.8 Å². The Labute approximate surface area is 211 Å². The second kappa shape index (κ2) is 10.7. The van der Waals surface area contributed by atoms with Gasteiger partial charge in [0.05, 0.1) is 30.1 Å². The number of rotatable bonds is 9. The van der Waals surface area contributed by atoms with Crippen LogP contribution in [0.5, 0.6) is 5.75 Å². The van der Waals surface area contributed by atoms with E-state index in [9.17, 15) is 22.4 Å². The Morgan fingerprint density at radius 2 is 1.92 bits per heavy atom. The van der Waals surface area contributed by atoms with Crippen LogP contribution in [0.3, 0.4) is 0 Å². The predicted molar refractivity (Wildman–Crippen MR) is 132 cm³/mol. The molecule has 0 atom stereocenters. The molecule has 2 aromatic heterocycles. The Morgan fingerprint density at radius 1 is 1.22 bits per heavy atom. The van der Waals surface area contributed by atoms with Gasteiger partial charge in [-0.25, -0.2) is 14.1 Å². The van der Waals surface area contributed by atoms with E-state index in [-0.39, 0.29) is 45.5 Å². The third-order valence-corrected chi connectivity index (χ3v) is 7.36. The summed E-state index contributed by atoms with van der Waals surface area (Å²) in [7, 11) is 1.24. The van der Waals surface area contributed by atoms with Crippen LogP contribution in [0.4, 0.5) is 17.6 Å². The molecule has 0 spiro atoms. The minimum atomic E-state index is -4.57. The molecular formula is C23H27ClF4N4O3Si. The second-order valence-electron chi connectivity index (χ2n) is 9.40. The number of hydrogen-bond acceptors (Lipinski definition) is 5. The van der Waals surface area contributed by atoms with Crippen LogP contribution >= 0.6 is 11.6 Å². The minimum Gasteiger partial charge on any atom is -0.494 e. The van der Waals surface area contributed by atoms with Gasteiger partial charge in [-0.15, -0.1) is 0 Å². The van der Waals surface area contributed by atoms with Gasteiger partial charge in [0.1, 0.15) is 11.9 Å². The Morgan fingerprint density at radius 3 is 2.50 bits per heavy atom. The number of methoxy groups -OCH3 is 1. The molecular weight excluding hydrogens is 520 g/mol. The Balaban J connectivity index is 2.16. The molecule has 0 fully saturated rings. The summed E-state index contributed by atoms with van der Waals surface area (Å²) in [6.07, 6.45) is -5.90. The topological polar surface area (TPSA) is 78.3 Å². The van der Waals surface area contributed by atoms with Gasteiger partial charge < -0.3 is 14.8 Å². The monoisotopic (exact) mass is 546 g/mol. The molecule has 0 aliphatic heterocycles. The molecule has 0 radical (unpaired) electrons. The van der Waals surface area contributed by atoms with E-state index < -0.39 is 32.4 Å². The van der Waals surface area contributed by atoms with E-state index in [4.69, 9.17) is 21.1 Å². The van der Waals surface area contributed by atoms with Crippen molar-refractivity contribution in [3.05, 3.63) is 40.4 Å². The largest absolute Gasteiger partial charge is 0.494 e. The molecule has 0 saturated carbocycles. The van der Waals surface area contributed by atoms with E-state index in [2.05, 4.69) is 35.0 Å². The highest BCUT2D eigenvalue weighted by Gasteiger charge is 2.31. The lowest BCUT2D eigenvalue weighted by Gasteiger charge is -2.16. The highest BCUT2D eigenvalue weighted by molar-refractivity contribution is 6.76. The molecule has 1 aromatic carbocycles. The number of ether oxygens (including phenoxy) is 2. The summed E-state index contributed by atoms with van der Waals surface area (Å²) in [6.45, 7) is 7.05. The van der Waals surface area contributed by atoms with Crippen molar-refractivity contribution in [3.8, 4) is 17.0 Å². The van der Waals surface area contributed by atoms with E-state index in [1.165, 1.54) is 17.8 Å². The highest BCUT2D eigenvalue weighted by atomic mass is 35.5. The maximum atomic E-state index is 14.5. The number of benzene rings is 1. The third kappa shape index (κ3) is 6.54. The number of alkyl halides is 3. The highest BCUT2D eigenvalue weighted by Crippen LogP contribution is 2.36. The van der Waals surface area contributed by atoms with Gasteiger partial charge in [0, 0.05) is 27.3 Å². The number of halogens is 5. The van der Waals surface area contributed by atoms with Crippen LogP contribution in [0.15, 0.2) is 18.2 Å². The van der Waals surface area contributed by atoms with Gasteiger partial charge in [-0.3, -0.25) is 4.79 Å². The number of pyridine rings is 1. The summed E-state index contributed by atoms with van der Waals surface area (Å²) in [4.78, 5) is 16.6. The third-order valence-electron chi connectivity index (χ3n) is 5.39. The Bertz CT molecular complexity index is 1280. The molecule has 0 bridgehead atoms. The van der Waals surface area contributed by atoms with Crippen LogP contribution < -0.4 is 10.1 Å². The van der Waals surface area contributed by atoms with Gasteiger partial charge in [-0.05, 0) is 29.8 Å².